The van der Waals surface area contributed by atoms with E-state index in [4.69, 9.17) is 0 Å². The van der Waals surface area contributed by atoms with Crippen LogP contribution < -0.4 is 53.2 Å². The summed E-state index contributed by atoms with van der Waals surface area (Å²) in [6.07, 6.45) is 17.8. The molecular weight excluding hydrogens is 1190 g/mol. The van der Waals surface area contributed by atoms with Crippen LogP contribution in [0.2, 0.25) is 0 Å². The minimum absolute atomic E-state index is 0.0215. The van der Waals surface area contributed by atoms with Crippen LogP contribution in [0.3, 0.4) is 0 Å². The predicted octanol–water partition coefficient (Wildman–Crippen LogP) is 7.64. The van der Waals surface area contributed by atoms with Gasteiger partial charge in [-0.2, -0.15) is 0 Å². The van der Waals surface area contributed by atoms with Crippen LogP contribution in [-0.2, 0) is 46.7 Å². The van der Waals surface area contributed by atoms with Crippen molar-refractivity contribution < 1.29 is 33.6 Å². The van der Waals surface area contributed by atoms with Gasteiger partial charge in [-0.25, -0.2) is 0 Å². The van der Waals surface area contributed by atoms with Gasteiger partial charge < -0.3 is 58.1 Å². The molecule has 0 aromatic heterocycles. The highest BCUT2D eigenvalue weighted by atomic mass is 16.2. The zero-order valence-corrected chi connectivity index (χ0v) is 57.0. The van der Waals surface area contributed by atoms with Gasteiger partial charge in [-0.3, -0.25) is 38.5 Å². The lowest BCUT2D eigenvalue weighted by molar-refractivity contribution is -0.144. The number of nitrogens with one attached hydrogen (secondary N) is 10. The number of benzene rings is 4. The van der Waals surface area contributed by atoms with Crippen LogP contribution >= 0.6 is 0 Å². The van der Waals surface area contributed by atoms with Crippen molar-refractivity contribution in [1.82, 2.24) is 63.0 Å². The fourth-order valence-electron chi connectivity index (χ4n) is 15.8. The van der Waals surface area contributed by atoms with Crippen LogP contribution in [0, 0.1) is 23.7 Å². The lowest BCUT2D eigenvalue weighted by Gasteiger charge is -2.34. The number of rotatable bonds is 34. The van der Waals surface area contributed by atoms with Crippen LogP contribution in [-0.4, -0.2) is 146 Å². The first-order valence-electron chi connectivity index (χ1n) is 36.1. The molecule has 10 N–H and O–H groups in total. The monoisotopic (exact) mass is 1300 g/mol. The fourth-order valence-corrected chi connectivity index (χ4v) is 15.8. The molecule has 4 heterocycles. The molecule has 0 bridgehead atoms. The van der Waals surface area contributed by atoms with E-state index < -0.39 is 36.3 Å². The Kier molecular flexibility index (Phi) is 28.5. The third-order valence-electron chi connectivity index (χ3n) is 21.4. The number of amides is 7. The van der Waals surface area contributed by atoms with Crippen molar-refractivity contribution in [1.29, 1.82) is 0 Å². The van der Waals surface area contributed by atoms with Crippen molar-refractivity contribution in [2.75, 3.05) is 46.8 Å². The molecule has 516 valence electrons. The number of unbranched alkanes of at least 4 members (excludes halogenated alkanes) is 2. The van der Waals surface area contributed by atoms with E-state index in [1.165, 1.54) is 31.2 Å². The fraction of sp³-hybridized carbons (Fsp3) is 0.592. The maximum atomic E-state index is 14.8. The topological polar surface area (TPSA) is 246 Å². The molecule has 5 aliphatic rings. The van der Waals surface area contributed by atoms with Gasteiger partial charge in [-0.05, 0) is 131 Å². The van der Waals surface area contributed by atoms with Crippen LogP contribution in [0.15, 0.2) is 121 Å². The van der Waals surface area contributed by atoms with Crippen molar-refractivity contribution in [3.63, 3.8) is 0 Å². The Morgan fingerprint density at radius 3 is 1.41 bits per heavy atom. The van der Waals surface area contributed by atoms with Crippen LogP contribution in [0.1, 0.15) is 177 Å². The molecule has 19 nitrogen and oxygen atoms in total. The summed E-state index contributed by atoms with van der Waals surface area (Å²) >= 11 is 0. The highest BCUT2D eigenvalue weighted by molar-refractivity contribution is 5.96. The molecule has 4 saturated heterocycles. The minimum atomic E-state index is -0.944. The molecule has 4 aromatic carbocycles. The highest BCUT2D eigenvalue weighted by Gasteiger charge is 2.49. The molecule has 0 radical (unpaired) electrons. The Hall–Kier alpha value is -7.03. The Morgan fingerprint density at radius 1 is 0.474 bits per heavy atom. The molecule has 9 rings (SSSR count). The van der Waals surface area contributed by atoms with Gasteiger partial charge in [0.25, 0.3) is 0 Å². The summed E-state index contributed by atoms with van der Waals surface area (Å²) in [5.74, 6) is -0.234. The Bertz CT molecular complexity index is 3020. The highest BCUT2D eigenvalue weighted by Crippen LogP contribution is 2.37. The molecular formula is C76H110N12O7. The first kappa shape index (κ1) is 72.2. The molecule has 5 fully saturated rings. The van der Waals surface area contributed by atoms with E-state index in [9.17, 15) is 33.6 Å². The number of carbonyl (C=O) groups excluding carboxylic acids is 7. The number of carbonyl (C=O) groups is 7. The zero-order chi connectivity index (χ0) is 66.9. The average Bonchev–Trinajstić information content (AvgIpc) is 1.65. The van der Waals surface area contributed by atoms with Crippen molar-refractivity contribution in [3.05, 3.63) is 144 Å². The van der Waals surface area contributed by atoms with Gasteiger partial charge in [-0.1, -0.05) is 187 Å². The number of nitrogens with zero attached hydrogens (tertiary/aromatic N) is 2. The molecule has 4 aliphatic heterocycles. The Balaban J connectivity index is 0.696. The standard InChI is InChI=1S/C76H110N12O7/c1-5-62(77-3)70(89)83-64-51-87-60(39-37-58(64)49-79-47-54-25-11-7-12-26-54)41-43-65(87)72(91)84-67(56-29-15-9-16-30-56)74(93)81-45-21-19-23-52-33-35-53(36-34-52)24-20-22-46-82-75(94)68(57-31-17-10-18-32-57)85-73(92)66-44-42-61-40-38-59(50-80-48-55-27-13-8-14-28-55)69(76(95)88(61)66)86-71(90)63(6-2)78-4/h7-18,25-32,52-53,58-69,77-80H,5-6,19-24,33-51H2,1-4H3,(H,81,93)(H,82,94)(H,83,89)(H,84,91)(H,85,92)(H,86,90)/t52?,53?,58-,59-,60+,61+,62+,63+,64-,65+,66+,67+,68+,69+/m1/s1. The number of hydrogen-bond acceptors (Lipinski definition) is 12. The summed E-state index contributed by atoms with van der Waals surface area (Å²) in [5.41, 5.74) is 3.75. The van der Waals surface area contributed by atoms with E-state index in [1.54, 1.807) is 11.9 Å². The molecule has 1 saturated carbocycles. The van der Waals surface area contributed by atoms with Crippen molar-refractivity contribution >= 4 is 41.4 Å². The van der Waals surface area contributed by atoms with Crippen LogP contribution in [0.5, 0.6) is 0 Å². The summed E-state index contributed by atoms with van der Waals surface area (Å²) in [6.45, 7) is 8.15. The van der Waals surface area contributed by atoms with Crippen LogP contribution in [0.25, 0.3) is 0 Å². The average molecular weight is 1300 g/mol. The lowest BCUT2D eigenvalue weighted by atomic mass is 9.78. The van der Waals surface area contributed by atoms with Gasteiger partial charge in [0.05, 0.1) is 18.1 Å². The number of fused-ring (bicyclic) bond motifs is 2. The molecule has 4 aromatic rings. The molecule has 1 aliphatic carbocycles. The van der Waals surface area contributed by atoms with Gasteiger partial charge in [0.2, 0.25) is 41.4 Å². The van der Waals surface area contributed by atoms with Gasteiger partial charge >= 0.3 is 0 Å². The number of hydrogen-bond donors (Lipinski definition) is 10. The smallest absolute Gasteiger partial charge is 0.247 e. The second kappa shape index (κ2) is 37.5. The molecule has 0 unspecified atom stereocenters. The van der Waals surface area contributed by atoms with E-state index in [0.717, 1.165) is 82.0 Å². The predicted molar refractivity (Wildman–Crippen MR) is 373 cm³/mol. The summed E-state index contributed by atoms with van der Waals surface area (Å²) in [7, 11) is 3.56. The number of likely N-dealkylation sites (N-methyl/N-ethyl adjacent to an activating group) is 2. The first-order chi connectivity index (χ1) is 46.3. The first-order valence-corrected chi connectivity index (χ1v) is 36.1. The SMILES string of the molecule is CC[C@H](NC)C(=O)N[C@@H]1C(=O)N2[C@@H](CC[C@@H]1CNCc1ccccc1)CC[C@H]2C(=O)N[C@H](C(=O)NCCCCC1CCC(CCCCNC(=O)[C@@H](NC(=O)[C@@H]2CC[C@@H]3CC[C@H](CNCc4ccccc4)[C@H](NC(=O)[C@H](CC)NC)CN32)c2ccccc2)CC1)c1ccccc1. The second-order valence-electron chi connectivity index (χ2n) is 27.6. The summed E-state index contributed by atoms with van der Waals surface area (Å²) < 4.78 is 0. The summed E-state index contributed by atoms with van der Waals surface area (Å²) in [6, 6.07) is 34.6. The van der Waals surface area contributed by atoms with Gasteiger partial charge in [0, 0.05) is 69.9 Å². The van der Waals surface area contributed by atoms with Crippen molar-refractivity contribution in [2.45, 2.75) is 216 Å². The third-order valence-corrected chi connectivity index (χ3v) is 21.4. The van der Waals surface area contributed by atoms with E-state index in [1.807, 2.05) is 118 Å². The van der Waals surface area contributed by atoms with E-state index in [2.05, 4.69) is 82.3 Å². The maximum absolute atomic E-state index is 14.8. The van der Waals surface area contributed by atoms with Crippen molar-refractivity contribution in [2.24, 2.45) is 23.7 Å². The van der Waals surface area contributed by atoms with Gasteiger partial charge in [-0.15, -0.1) is 0 Å². The second-order valence-corrected chi connectivity index (χ2v) is 27.6. The van der Waals surface area contributed by atoms with Gasteiger partial charge in [0.1, 0.15) is 24.2 Å². The van der Waals surface area contributed by atoms with Crippen LogP contribution in [0.4, 0.5) is 0 Å². The lowest BCUT2D eigenvalue weighted by Crippen LogP contribution is -2.59. The molecule has 19 heteroatoms. The summed E-state index contributed by atoms with van der Waals surface area (Å²) in [4.78, 5) is 103. The third kappa shape index (κ3) is 20.5. The Labute approximate surface area is 565 Å². The largest absolute Gasteiger partial charge is 0.354 e. The zero-order valence-electron chi connectivity index (χ0n) is 57.0. The minimum Gasteiger partial charge on any atom is -0.354 e. The van der Waals surface area contributed by atoms with E-state index in [0.29, 0.717) is 95.1 Å². The Morgan fingerprint density at radius 2 is 0.905 bits per heavy atom. The normalized spacial score (nSPS) is 24.9. The summed E-state index contributed by atoms with van der Waals surface area (Å²) in [5, 5.41) is 32.6. The van der Waals surface area contributed by atoms with Crippen molar-refractivity contribution in [3.8, 4) is 0 Å². The maximum Gasteiger partial charge on any atom is 0.247 e. The van der Waals surface area contributed by atoms with Gasteiger partial charge in [0.15, 0.2) is 0 Å². The van der Waals surface area contributed by atoms with E-state index >= 15 is 0 Å². The molecule has 12 atom stereocenters. The quantitative estimate of drug-likeness (QED) is 0.0203. The molecule has 95 heavy (non-hydrogen) atoms. The molecule has 0 spiro atoms. The molecule has 7 amide bonds. The van der Waals surface area contributed by atoms with E-state index in [-0.39, 0.29) is 77.4 Å².